The van der Waals surface area contributed by atoms with Gasteiger partial charge >= 0.3 is 6.18 Å². The van der Waals surface area contributed by atoms with Crippen molar-refractivity contribution in [3.8, 4) is 5.75 Å². The fourth-order valence-corrected chi connectivity index (χ4v) is 4.08. The molecule has 0 radical (unpaired) electrons. The molecule has 0 aliphatic rings. The van der Waals surface area contributed by atoms with Crippen LogP contribution >= 0.6 is 11.3 Å². The van der Waals surface area contributed by atoms with E-state index in [9.17, 15) is 18.0 Å². The average molecular weight is 442 g/mol. The first kappa shape index (κ1) is 20.9. The van der Waals surface area contributed by atoms with Crippen molar-refractivity contribution < 1.29 is 22.7 Å². The molecule has 0 saturated heterocycles. The number of hydrogen-bond acceptors (Lipinski definition) is 4. The SMILES string of the molecule is COc1ccc2nc(N(Cc3ccccc3)C(=O)c3ccc(C(F)(F)F)cc3)sc2c1. The molecule has 0 atom stereocenters. The highest BCUT2D eigenvalue weighted by Crippen LogP contribution is 2.34. The second kappa shape index (κ2) is 8.39. The third-order valence-corrected chi connectivity index (χ3v) is 5.74. The quantitative estimate of drug-likeness (QED) is 0.371. The number of amides is 1. The van der Waals surface area contributed by atoms with Crippen LogP contribution in [0.25, 0.3) is 10.2 Å². The zero-order valence-electron chi connectivity index (χ0n) is 16.4. The molecule has 0 saturated carbocycles. The summed E-state index contributed by atoms with van der Waals surface area (Å²) in [5.74, 6) is 0.245. The van der Waals surface area contributed by atoms with Crippen molar-refractivity contribution in [1.29, 1.82) is 0 Å². The zero-order valence-corrected chi connectivity index (χ0v) is 17.2. The Morgan fingerprint density at radius 1 is 1.03 bits per heavy atom. The number of nitrogens with zero attached hydrogens (tertiary/aromatic N) is 2. The Hall–Kier alpha value is -3.39. The molecule has 4 nitrogen and oxygen atoms in total. The summed E-state index contributed by atoms with van der Waals surface area (Å²) in [5.41, 5.74) is 0.935. The minimum Gasteiger partial charge on any atom is -0.497 e. The molecular formula is C23H17F3N2O2S. The summed E-state index contributed by atoms with van der Waals surface area (Å²) in [5, 5.41) is 0.456. The summed E-state index contributed by atoms with van der Waals surface area (Å²) in [4.78, 5) is 19.4. The standard InChI is InChI=1S/C23H17F3N2O2S/c1-30-18-11-12-19-20(13-18)31-22(27-19)28(14-15-5-3-2-4-6-15)21(29)16-7-9-17(10-8-16)23(24,25)26/h2-13H,14H2,1H3. The molecule has 4 aromatic rings. The lowest BCUT2D eigenvalue weighted by Gasteiger charge is -2.20. The lowest BCUT2D eigenvalue weighted by atomic mass is 10.1. The van der Waals surface area contributed by atoms with Gasteiger partial charge in [-0.1, -0.05) is 41.7 Å². The Balaban J connectivity index is 1.73. The molecule has 8 heteroatoms. The molecule has 1 aromatic heterocycles. The number of hydrogen-bond donors (Lipinski definition) is 0. The highest BCUT2D eigenvalue weighted by Gasteiger charge is 2.31. The average Bonchev–Trinajstić information content (AvgIpc) is 3.20. The number of aromatic nitrogens is 1. The third kappa shape index (κ3) is 4.54. The minimum atomic E-state index is -4.46. The van der Waals surface area contributed by atoms with E-state index < -0.39 is 17.6 Å². The van der Waals surface area contributed by atoms with Gasteiger partial charge in [-0.15, -0.1) is 0 Å². The van der Waals surface area contributed by atoms with Crippen LogP contribution in [-0.2, 0) is 12.7 Å². The van der Waals surface area contributed by atoms with E-state index in [2.05, 4.69) is 4.98 Å². The smallest absolute Gasteiger partial charge is 0.416 e. The van der Waals surface area contributed by atoms with Gasteiger partial charge in [0.2, 0.25) is 0 Å². The number of fused-ring (bicyclic) bond motifs is 1. The van der Waals surface area contributed by atoms with E-state index in [1.165, 1.54) is 28.4 Å². The minimum absolute atomic E-state index is 0.153. The van der Waals surface area contributed by atoms with E-state index in [0.717, 1.165) is 22.4 Å². The van der Waals surface area contributed by atoms with Crippen LogP contribution in [0.15, 0.2) is 72.8 Å². The first-order valence-corrected chi connectivity index (χ1v) is 10.1. The number of anilines is 1. The zero-order chi connectivity index (χ0) is 22.0. The second-order valence-electron chi connectivity index (χ2n) is 6.78. The van der Waals surface area contributed by atoms with E-state index in [1.807, 2.05) is 36.4 Å². The van der Waals surface area contributed by atoms with E-state index in [-0.39, 0.29) is 12.1 Å². The van der Waals surface area contributed by atoms with Gasteiger partial charge in [-0.3, -0.25) is 9.69 Å². The summed E-state index contributed by atoms with van der Waals surface area (Å²) >= 11 is 1.32. The Bertz CT molecular complexity index is 1210. The van der Waals surface area contributed by atoms with Gasteiger partial charge in [0, 0.05) is 5.56 Å². The van der Waals surface area contributed by atoms with Gasteiger partial charge in [0.05, 0.1) is 29.4 Å². The summed E-state index contributed by atoms with van der Waals surface area (Å²) in [7, 11) is 1.57. The van der Waals surface area contributed by atoms with Crippen LogP contribution in [0, 0.1) is 0 Å². The molecule has 0 bridgehead atoms. The molecule has 0 spiro atoms. The number of halogens is 3. The van der Waals surface area contributed by atoms with Crippen LogP contribution in [0.1, 0.15) is 21.5 Å². The summed E-state index contributed by atoms with van der Waals surface area (Å²) in [6.07, 6.45) is -4.46. The summed E-state index contributed by atoms with van der Waals surface area (Å²) in [6.45, 7) is 0.234. The number of alkyl halides is 3. The number of carbonyl (C=O) groups excluding carboxylic acids is 1. The number of rotatable bonds is 5. The molecule has 1 heterocycles. The maximum absolute atomic E-state index is 13.3. The van der Waals surface area contributed by atoms with E-state index in [4.69, 9.17) is 4.74 Å². The Kier molecular flexibility index (Phi) is 5.65. The van der Waals surface area contributed by atoms with Crippen molar-refractivity contribution >= 4 is 32.6 Å². The molecule has 1 amide bonds. The van der Waals surface area contributed by atoms with Crippen molar-refractivity contribution in [1.82, 2.24) is 4.98 Å². The molecule has 0 fully saturated rings. The fourth-order valence-electron chi connectivity index (χ4n) is 3.09. The summed E-state index contributed by atoms with van der Waals surface area (Å²) in [6, 6.07) is 19.0. The Labute approximate surface area is 180 Å². The van der Waals surface area contributed by atoms with Crippen LogP contribution in [0.3, 0.4) is 0 Å². The topological polar surface area (TPSA) is 42.4 Å². The number of thiazole rings is 1. The van der Waals surface area contributed by atoms with Gasteiger partial charge in [0.1, 0.15) is 5.75 Å². The van der Waals surface area contributed by atoms with Gasteiger partial charge < -0.3 is 4.74 Å². The molecule has 0 unspecified atom stereocenters. The van der Waals surface area contributed by atoms with Crippen molar-refractivity contribution in [2.75, 3.05) is 12.0 Å². The van der Waals surface area contributed by atoms with E-state index >= 15 is 0 Å². The maximum Gasteiger partial charge on any atom is 0.416 e. The molecule has 0 aliphatic carbocycles. The number of methoxy groups -OCH3 is 1. The van der Waals surface area contributed by atoms with Crippen molar-refractivity contribution in [3.05, 3.63) is 89.5 Å². The van der Waals surface area contributed by atoms with Gasteiger partial charge in [0.15, 0.2) is 5.13 Å². The van der Waals surface area contributed by atoms with E-state index in [1.54, 1.807) is 19.2 Å². The number of benzene rings is 3. The second-order valence-corrected chi connectivity index (χ2v) is 7.79. The third-order valence-electron chi connectivity index (χ3n) is 4.70. The van der Waals surface area contributed by atoms with Gasteiger partial charge in [0.25, 0.3) is 5.91 Å². The Morgan fingerprint density at radius 3 is 2.39 bits per heavy atom. The number of ether oxygens (including phenoxy) is 1. The lowest BCUT2D eigenvalue weighted by molar-refractivity contribution is -0.137. The first-order valence-electron chi connectivity index (χ1n) is 9.33. The summed E-state index contributed by atoms with van der Waals surface area (Å²) < 4.78 is 44.8. The highest BCUT2D eigenvalue weighted by atomic mass is 32.1. The van der Waals surface area contributed by atoms with Crippen molar-refractivity contribution in [3.63, 3.8) is 0 Å². The molecule has 0 N–H and O–H groups in total. The molecule has 0 aliphatic heterocycles. The molecule has 158 valence electrons. The first-order chi connectivity index (χ1) is 14.8. The normalized spacial score (nSPS) is 11.5. The monoisotopic (exact) mass is 442 g/mol. The predicted octanol–water partition coefficient (Wildman–Crippen LogP) is 6.17. The van der Waals surface area contributed by atoms with Crippen LogP contribution in [0.5, 0.6) is 5.75 Å². The molecule has 3 aromatic carbocycles. The van der Waals surface area contributed by atoms with Crippen molar-refractivity contribution in [2.24, 2.45) is 0 Å². The maximum atomic E-state index is 13.3. The molecule has 4 rings (SSSR count). The van der Waals surface area contributed by atoms with E-state index in [0.29, 0.717) is 16.4 Å². The van der Waals surface area contributed by atoms with Crippen molar-refractivity contribution in [2.45, 2.75) is 12.7 Å². The molecule has 31 heavy (non-hydrogen) atoms. The number of carbonyl (C=O) groups is 1. The van der Waals surface area contributed by atoms with Crippen LogP contribution in [0.4, 0.5) is 18.3 Å². The largest absolute Gasteiger partial charge is 0.497 e. The lowest BCUT2D eigenvalue weighted by Crippen LogP contribution is -2.30. The highest BCUT2D eigenvalue weighted by molar-refractivity contribution is 7.22. The van der Waals surface area contributed by atoms with Crippen LogP contribution < -0.4 is 9.64 Å². The van der Waals surface area contributed by atoms with Gasteiger partial charge in [-0.2, -0.15) is 13.2 Å². The van der Waals surface area contributed by atoms with Gasteiger partial charge in [-0.25, -0.2) is 4.98 Å². The van der Waals surface area contributed by atoms with Crippen LogP contribution in [-0.4, -0.2) is 18.0 Å². The van der Waals surface area contributed by atoms with Gasteiger partial charge in [-0.05, 0) is 48.0 Å². The van der Waals surface area contributed by atoms with Crippen LogP contribution in [0.2, 0.25) is 0 Å². The fraction of sp³-hybridized carbons (Fsp3) is 0.130. The predicted molar refractivity (Wildman–Crippen MR) is 115 cm³/mol. The molecular weight excluding hydrogens is 425 g/mol. The Morgan fingerprint density at radius 2 is 1.74 bits per heavy atom.